The van der Waals surface area contributed by atoms with Crippen LogP contribution in [0.15, 0.2) is 36.4 Å². The number of rotatable bonds is 5. The van der Waals surface area contributed by atoms with Crippen LogP contribution in [0.4, 0.5) is 0 Å². The Bertz CT molecular complexity index is 866. The van der Waals surface area contributed by atoms with Crippen molar-refractivity contribution >= 4 is 0 Å². The molecule has 0 aliphatic carbocycles. The van der Waals surface area contributed by atoms with Gasteiger partial charge in [-0.15, -0.1) is 0 Å². The van der Waals surface area contributed by atoms with E-state index in [4.69, 9.17) is 14.2 Å². The van der Waals surface area contributed by atoms with Crippen molar-refractivity contribution in [2.45, 2.75) is 25.6 Å². The van der Waals surface area contributed by atoms with Gasteiger partial charge in [0.15, 0.2) is 11.5 Å². The van der Waals surface area contributed by atoms with Crippen LogP contribution in [0, 0.1) is 0 Å². The Morgan fingerprint density at radius 1 is 0.966 bits per heavy atom. The summed E-state index contributed by atoms with van der Waals surface area (Å²) in [6.45, 7) is 6.68. The van der Waals surface area contributed by atoms with Crippen molar-refractivity contribution in [3.05, 3.63) is 53.1 Å². The Labute approximate surface area is 172 Å². The zero-order chi connectivity index (χ0) is 20.4. The first kappa shape index (κ1) is 20.0. The fourth-order valence-corrected chi connectivity index (χ4v) is 4.07. The van der Waals surface area contributed by atoms with Gasteiger partial charge in [0.2, 0.25) is 0 Å². The van der Waals surface area contributed by atoms with Crippen molar-refractivity contribution in [2.75, 3.05) is 47.0 Å². The van der Waals surface area contributed by atoms with Crippen LogP contribution in [0.5, 0.6) is 17.2 Å². The van der Waals surface area contributed by atoms with Crippen LogP contribution < -0.4 is 14.2 Å². The molecule has 0 saturated carbocycles. The van der Waals surface area contributed by atoms with Gasteiger partial charge in [-0.3, -0.25) is 4.90 Å². The number of fused-ring (bicyclic) bond motifs is 2. The number of hydrogen-bond donors (Lipinski definition) is 1. The van der Waals surface area contributed by atoms with Crippen LogP contribution in [-0.4, -0.2) is 61.9 Å². The molecule has 2 aliphatic rings. The Morgan fingerprint density at radius 3 is 2.48 bits per heavy atom. The van der Waals surface area contributed by atoms with Gasteiger partial charge in [0, 0.05) is 31.7 Å². The second-order valence-electron chi connectivity index (χ2n) is 8.37. The quantitative estimate of drug-likeness (QED) is 0.836. The zero-order valence-corrected chi connectivity index (χ0v) is 17.5. The first-order valence-corrected chi connectivity index (χ1v) is 10.1. The highest BCUT2D eigenvalue weighted by Crippen LogP contribution is 2.33. The first-order chi connectivity index (χ1) is 13.9. The van der Waals surface area contributed by atoms with Crippen LogP contribution in [-0.2, 0) is 18.7 Å². The number of hydrogen-bond acceptors (Lipinski definition) is 6. The van der Waals surface area contributed by atoms with Crippen LogP contribution in [0.2, 0.25) is 0 Å². The normalized spacial score (nSPS) is 18.5. The summed E-state index contributed by atoms with van der Waals surface area (Å²) in [4.78, 5) is 4.36. The number of nitrogens with zero attached hydrogens (tertiary/aromatic N) is 2. The molecule has 4 rings (SSSR count). The van der Waals surface area contributed by atoms with E-state index in [2.05, 4.69) is 23.1 Å². The summed E-state index contributed by atoms with van der Waals surface area (Å²) in [5, 5.41) is 10.9. The van der Waals surface area contributed by atoms with Gasteiger partial charge in [0.25, 0.3) is 0 Å². The van der Waals surface area contributed by atoms with Crippen molar-refractivity contribution in [2.24, 2.45) is 0 Å². The number of likely N-dealkylation sites (N-methyl/N-ethyl adjacent to an activating group) is 1. The van der Waals surface area contributed by atoms with Crippen LogP contribution in [0.3, 0.4) is 0 Å². The molecule has 2 aliphatic heterocycles. The molecule has 156 valence electrons. The molecular formula is C23H30N2O4. The number of benzene rings is 2. The molecule has 0 fully saturated rings. The summed E-state index contributed by atoms with van der Waals surface area (Å²) in [7, 11) is 3.94. The molecule has 0 spiro atoms. The molecule has 1 atom stereocenters. The summed E-state index contributed by atoms with van der Waals surface area (Å²) >= 11 is 0. The van der Waals surface area contributed by atoms with Crippen LogP contribution in [0.25, 0.3) is 0 Å². The van der Waals surface area contributed by atoms with Gasteiger partial charge in [-0.05, 0) is 56.4 Å². The molecule has 0 radical (unpaired) electrons. The summed E-state index contributed by atoms with van der Waals surface area (Å²) in [5.41, 5.74) is 2.30. The summed E-state index contributed by atoms with van der Waals surface area (Å²) in [6, 6.07) is 12.2. The van der Waals surface area contributed by atoms with E-state index in [0.29, 0.717) is 26.4 Å². The largest absolute Gasteiger partial charge is 0.492 e. The second-order valence-corrected chi connectivity index (χ2v) is 8.37. The van der Waals surface area contributed by atoms with Gasteiger partial charge in [-0.25, -0.2) is 0 Å². The Kier molecular flexibility index (Phi) is 5.67. The van der Waals surface area contributed by atoms with E-state index in [1.54, 1.807) is 0 Å². The lowest BCUT2D eigenvalue weighted by Crippen LogP contribution is -2.34. The number of aliphatic hydroxyl groups is 1. The average molecular weight is 399 g/mol. The average Bonchev–Trinajstić information content (AvgIpc) is 2.88. The van der Waals surface area contributed by atoms with Crippen molar-refractivity contribution in [1.82, 2.24) is 9.80 Å². The summed E-state index contributed by atoms with van der Waals surface area (Å²) in [5.74, 6) is 2.54. The topological polar surface area (TPSA) is 54.4 Å². The van der Waals surface area contributed by atoms with Gasteiger partial charge in [0.05, 0.1) is 5.60 Å². The maximum Gasteiger partial charge on any atom is 0.161 e. The molecule has 2 aromatic rings. The highest BCUT2D eigenvalue weighted by molar-refractivity contribution is 5.44. The maximum atomic E-state index is 10.9. The molecule has 0 saturated heterocycles. The van der Waals surface area contributed by atoms with E-state index >= 15 is 0 Å². The Morgan fingerprint density at radius 2 is 1.69 bits per heavy atom. The third kappa shape index (κ3) is 4.66. The fourth-order valence-electron chi connectivity index (χ4n) is 4.07. The third-order valence-corrected chi connectivity index (χ3v) is 5.38. The predicted molar refractivity (Wildman–Crippen MR) is 112 cm³/mol. The van der Waals surface area contributed by atoms with E-state index in [0.717, 1.165) is 48.0 Å². The third-order valence-electron chi connectivity index (χ3n) is 5.38. The standard InChI is InChI=1S/C23H30N2O4/c1-23(26,16-24(2)3)19-5-7-20-18(13-19)15-25(8-9-27-20)14-17-4-6-21-22(12-17)29-11-10-28-21/h4-7,12-13,26H,8-11,14-16H2,1-3H3. The fraction of sp³-hybridized carbons (Fsp3) is 0.478. The van der Waals surface area contributed by atoms with E-state index in [-0.39, 0.29) is 0 Å². The smallest absolute Gasteiger partial charge is 0.161 e. The molecule has 0 aromatic heterocycles. The summed E-state index contributed by atoms with van der Waals surface area (Å²) in [6.07, 6.45) is 0. The van der Waals surface area contributed by atoms with Crippen molar-refractivity contribution < 1.29 is 19.3 Å². The van der Waals surface area contributed by atoms with Gasteiger partial charge >= 0.3 is 0 Å². The highest BCUT2D eigenvalue weighted by Gasteiger charge is 2.26. The van der Waals surface area contributed by atoms with Crippen LogP contribution >= 0.6 is 0 Å². The molecule has 2 aromatic carbocycles. The highest BCUT2D eigenvalue weighted by atomic mass is 16.6. The minimum absolute atomic E-state index is 0.563. The van der Waals surface area contributed by atoms with E-state index in [1.165, 1.54) is 5.56 Å². The van der Waals surface area contributed by atoms with Crippen molar-refractivity contribution in [3.63, 3.8) is 0 Å². The van der Waals surface area contributed by atoms with Crippen molar-refractivity contribution in [3.8, 4) is 17.2 Å². The molecule has 6 nitrogen and oxygen atoms in total. The molecule has 1 N–H and O–H groups in total. The van der Waals surface area contributed by atoms with Crippen LogP contribution in [0.1, 0.15) is 23.6 Å². The number of ether oxygens (including phenoxy) is 3. The lowest BCUT2D eigenvalue weighted by atomic mass is 9.93. The predicted octanol–water partition coefficient (Wildman–Crippen LogP) is 2.62. The molecule has 0 amide bonds. The summed E-state index contributed by atoms with van der Waals surface area (Å²) < 4.78 is 17.3. The molecular weight excluding hydrogens is 368 g/mol. The molecule has 0 bridgehead atoms. The molecule has 1 unspecified atom stereocenters. The minimum atomic E-state index is -0.911. The van der Waals surface area contributed by atoms with Gasteiger partial charge in [-0.1, -0.05) is 12.1 Å². The lowest BCUT2D eigenvalue weighted by molar-refractivity contribution is 0.0299. The monoisotopic (exact) mass is 398 g/mol. The first-order valence-electron chi connectivity index (χ1n) is 10.1. The van der Waals surface area contributed by atoms with Gasteiger partial charge < -0.3 is 24.2 Å². The molecule has 2 heterocycles. The van der Waals surface area contributed by atoms with E-state index in [1.807, 2.05) is 44.1 Å². The van der Waals surface area contributed by atoms with E-state index in [9.17, 15) is 5.11 Å². The maximum absolute atomic E-state index is 10.9. The van der Waals surface area contributed by atoms with Gasteiger partial charge in [0.1, 0.15) is 25.6 Å². The molecule has 6 heteroatoms. The second kappa shape index (κ2) is 8.22. The Hall–Kier alpha value is -2.28. The Balaban J connectivity index is 1.52. The van der Waals surface area contributed by atoms with Crippen molar-refractivity contribution in [1.29, 1.82) is 0 Å². The minimum Gasteiger partial charge on any atom is -0.492 e. The van der Waals surface area contributed by atoms with Gasteiger partial charge in [-0.2, -0.15) is 0 Å². The molecule has 29 heavy (non-hydrogen) atoms. The zero-order valence-electron chi connectivity index (χ0n) is 17.5. The van der Waals surface area contributed by atoms with E-state index < -0.39 is 5.60 Å². The SMILES string of the molecule is CN(C)CC(C)(O)c1ccc2c(c1)CN(Cc1ccc3c(c1)OCCO3)CCO2. The lowest BCUT2D eigenvalue weighted by Gasteiger charge is -2.28.